The van der Waals surface area contributed by atoms with Gasteiger partial charge in [-0.2, -0.15) is 0 Å². The summed E-state index contributed by atoms with van der Waals surface area (Å²) in [4.78, 5) is 12.9. The van der Waals surface area contributed by atoms with Crippen LogP contribution in [0.3, 0.4) is 0 Å². The monoisotopic (exact) mass is 285 g/mol. The number of amides is 1. The fourth-order valence-electron chi connectivity index (χ4n) is 1.87. The van der Waals surface area contributed by atoms with Crippen LogP contribution in [0, 0.1) is 0 Å². The second kappa shape index (κ2) is 5.71. The summed E-state index contributed by atoms with van der Waals surface area (Å²) in [6.07, 6.45) is 0. The zero-order valence-corrected chi connectivity index (χ0v) is 12.9. The summed E-state index contributed by atoms with van der Waals surface area (Å²) < 4.78 is 0. The molecule has 2 aromatic rings. The predicted molar refractivity (Wildman–Crippen MR) is 86.8 cm³/mol. The first-order valence-electron chi connectivity index (χ1n) is 6.57. The van der Waals surface area contributed by atoms with Crippen LogP contribution in [0.1, 0.15) is 36.7 Å². The molecule has 104 valence electrons. The maximum Gasteiger partial charge on any atom is 0.255 e. The molecule has 1 N–H and O–H groups in total. The molecule has 0 fully saturated rings. The number of carbonyl (C=O) groups is 1. The van der Waals surface area contributed by atoms with Crippen molar-refractivity contribution < 1.29 is 4.79 Å². The van der Waals surface area contributed by atoms with E-state index in [1.54, 1.807) is 24.3 Å². The molecule has 2 aromatic carbocycles. The topological polar surface area (TPSA) is 29.1 Å². The average molecular weight is 285 g/mol. The van der Waals surface area contributed by atoms with Crippen LogP contribution in [-0.4, -0.2) is 5.91 Å². The Bertz CT molecular complexity index is 594. The number of hydrogen-bond acceptors (Lipinski definition) is 2. The van der Waals surface area contributed by atoms with Gasteiger partial charge in [0.25, 0.3) is 5.91 Å². The molecular formula is C17H19NOS. The van der Waals surface area contributed by atoms with Crippen LogP contribution in [0.25, 0.3) is 0 Å². The van der Waals surface area contributed by atoms with Gasteiger partial charge in [0.2, 0.25) is 0 Å². The first-order chi connectivity index (χ1) is 9.36. The Morgan fingerprint density at radius 2 is 1.50 bits per heavy atom. The number of rotatable bonds is 2. The van der Waals surface area contributed by atoms with Crippen LogP contribution in [0.15, 0.2) is 53.4 Å². The summed E-state index contributed by atoms with van der Waals surface area (Å²) in [6.45, 7) is 6.50. The van der Waals surface area contributed by atoms with Gasteiger partial charge in [0.1, 0.15) is 0 Å². The van der Waals surface area contributed by atoms with Crippen molar-refractivity contribution in [2.24, 2.45) is 0 Å². The Morgan fingerprint density at radius 1 is 0.950 bits per heavy atom. The molecule has 3 heteroatoms. The van der Waals surface area contributed by atoms with Crippen molar-refractivity contribution in [2.75, 3.05) is 5.32 Å². The summed E-state index contributed by atoms with van der Waals surface area (Å²) in [6, 6.07) is 15.1. The highest BCUT2D eigenvalue weighted by atomic mass is 32.1. The molecule has 0 aliphatic rings. The third-order valence-electron chi connectivity index (χ3n) is 3.14. The summed E-state index contributed by atoms with van der Waals surface area (Å²) >= 11 is 4.21. The van der Waals surface area contributed by atoms with Gasteiger partial charge in [-0.15, -0.1) is 12.6 Å². The number of benzene rings is 2. The van der Waals surface area contributed by atoms with Crippen molar-refractivity contribution in [3.63, 3.8) is 0 Å². The lowest BCUT2D eigenvalue weighted by atomic mass is 9.87. The Morgan fingerprint density at radius 3 is 2.00 bits per heavy atom. The number of hydrogen-bond donors (Lipinski definition) is 2. The Labute approximate surface area is 125 Å². The molecule has 1 amide bonds. The molecule has 0 aliphatic carbocycles. The lowest BCUT2D eigenvalue weighted by Gasteiger charge is -2.19. The zero-order chi connectivity index (χ0) is 14.8. The van der Waals surface area contributed by atoms with Gasteiger partial charge in [-0.25, -0.2) is 0 Å². The van der Waals surface area contributed by atoms with E-state index in [1.165, 1.54) is 5.56 Å². The van der Waals surface area contributed by atoms with Gasteiger partial charge in [-0.05, 0) is 47.4 Å². The number of nitrogens with one attached hydrogen (secondary N) is 1. The van der Waals surface area contributed by atoms with Crippen LogP contribution in [-0.2, 0) is 5.41 Å². The van der Waals surface area contributed by atoms with Crippen LogP contribution in [0.4, 0.5) is 5.69 Å². The van der Waals surface area contributed by atoms with Gasteiger partial charge in [0, 0.05) is 16.1 Å². The molecule has 0 saturated carbocycles. The highest BCUT2D eigenvalue weighted by Crippen LogP contribution is 2.23. The molecule has 2 rings (SSSR count). The first kappa shape index (κ1) is 14.7. The lowest BCUT2D eigenvalue weighted by molar-refractivity contribution is 0.102. The van der Waals surface area contributed by atoms with Gasteiger partial charge < -0.3 is 5.32 Å². The second-order valence-electron chi connectivity index (χ2n) is 5.83. The van der Waals surface area contributed by atoms with E-state index in [2.05, 4.69) is 38.7 Å². The molecular weight excluding hydrogens is 266 g/mol. The van der Waals surface area contributed by atoms with Crippen LogP contribution >= 0.6 is 12.6 Å². The Kier molecular flexibility index (Phi) is 4.19. The highest BCUT2D eigenvalue weighted by Gasteiger charge is 2.13. The van der Waals surface area contributed by atoms with Crippen molar-refractivity contribution in [3.8, 4) is 0 Å². The quantitative estimate of drug-likeness (QED) is 0.780. The summed E-state index contributed by atoms with van der Waals surface area (Å²) in [7, 11) is 0. The first-order valence-corrected chi connectivity index (χ1v) is 7.02. The summed E-state index contributed by atoms with van der Waals surface area (Å²) in [5, 5.41) is 2.89. The summed E-state index contributed by atoms with van der Waals surface area (Å²) in [5.74, 6) is -0.109. The number of thiol groups is 1. The zero-order valence-electron chi connectivity index (χ0n) is 12.0. The van der Waals surface area contributed by atoms with E-state index in [-0.39, 0.29) is 11.3 Å². The maximum atomic E-state index is 12.1. The van der Waals surface area contributed by atoms with E-state index in [4.69, 9.17) is 0 Å². The standard InChI is InChI=1S/C17H19NOS/c1-17(2,3)13-6-8-14(9-7-13)18-16(19)12-4-10-15(20)11-5-12/h4-11,20H,1-3H3,(H,18,19). The van der Waals surface area contributed by atoms with Gasteiger partial charge >= 0.3 is 0 Å². The van der Waals surface area contributed by atoms with Crippen molar-refractivity contribution in [1.29, 1.82) is 0 Å². The van der Waals surface area contributed by atoms with E-state index in [0.717, 1.165) is 10.6 Å². The number of carbonyl (C=O) groups excluding carboxylic acids is 1. The van der Waals surface area contributed by atoms with Gasteiger partial charge in [0.15, 0.2) is 0 Å². The smallest absolute Gasteiger partial charge is 0.255 e. The SMILES string of the molecule is CC(C)(C)c1ccc(NC(=O)c2ccc(S)cc2)cc1. The van der Waals surface area contributed by atoms with E-state index in [1.807, 2.05) is 24.3 Å². The molecule has 0 unspecified atom stereocenters. The molecule has 0 saturated heterocycles. The molecule has 0 bridgehead atoms. The van der Waals surface area contributed by atoms with Crippen molar-refractivity contribution >= 4 is 24.2 Å². The fourth-order valence-corrected chi connectivity index (χ4v) is 2.02. The third-order valence-corrected chi connectivity index (χ3v) is 3.44. The summed E-state index contributed by atoms with van der Waals surface area (Å²) in [5.41, 5.74) is 2.79. The minimum Gasteiger partial charge on any atom is -0.322 e. The average Bonchev–Trinajstić information content (AvgIpc) is 2.39. The van der Waals surface area contributed by atoms with Crippen molar-refractivity contribution in [2.45, 2.75) is 31.1 Å². The van der Waals surface area contributed by atoms with Gasteiger partial charge in [-0.1, -0.05) is 32.9 Å². The van der Waals surface area contributed by atoms with E-state index in [0.29, 0.717) is 5.56 Å². The van der Waals surface area contributed by atoms with Crippen LogP contribution < -0.4 is 5.32 Å². The molecule has 0 atom stereocenters. The van der Waals surface area contributed by atoms with Gasteiger partial charge in [-0.3, -0.25) is 4.79 Å². The minimum atomic E-state index is -0.109. The Balaban J connectivity index is 2.10. The van der Waals surface area contributed by atoms with E-state index >= 15 is 0 Å². The largest absolute Gasteiger partial charge is 0.322 e. The van der Waals surface area contributed by atoms with Crippen LogP contribution in [0.2, 0.25) is 0 Å². The maximum absolute atomic E-state index is 12.1. The molecule has 0 radical (unpaired) electrons. The number of anilines is 1. The van der Waals surface area contributed by atoms with Crippen molar-refractivity contribution in [1.82, 2.24) is 0 Å². The fraction of sp³-hybridized carbons (Fsp3) is 0.235. The molecule has 2 nitrogen and oxygen atoms in total. The van der Waals surface area contributed by atoms with E-state index < -0.39 is 0 Å². The van der Waals surface area contributed by atoms with Crippen molar-refractivity contribution in [3.05, 3.63) is 59.7 Å². The van der Waals surface area contributed by atoms with E-state index in [9.17, 15) is 4.79 Å². The third kappa shape index (κ3) is 3.64. The highest BCUT2D eigenvalue weighted by molar-refractivity contribution is 7.80. The lowest BCUT2D eigenvalue weighted by Crippen LogP contribution is -2.13. The van der Waals surface area contributed by atoms with Gasteiger partial charge in [0.05, 0.1) is 0 Å². The normalized spacial score (nSPS) is 11.2. The second-order valence-corrected chi connectivity index (χ2v) is 6.34. The molecule has 20 heavy (non-hydrogen) atoms. The molecule has 0 aromatic heterocycles. The minimum absolute atomic E-state index is 0.109. The molecule has 0 spiro atoms. The molecule has 0 heterocycles. The molecule has 0 aliphatic heterocycles. The Hall–Kier alpha value is -1.74. The predicted octanol–water partition coefficient (Wildman–Crippen LogP) is 4.53. The van der Waals surface area contributed by atoms with Crippen LogP contribution in [0.5, 0.6) is 0 Å².